The Labute approximate surface area is 55.7 Å². The first-order valence-electron chi connectivity index (χ1n) is 2.57. The Balaban J connectivity index is 0.000000291. The van der Waals surface area contributed by atoms with Gasteiger partial charge in [-0.3, -0.25) is 14.2 Å². The smallest absolute Gasteiger partial charge is 0.263 e. The third-order valence-corrected chi connectivity index (χ3v) is 1.03. The summed E-state index contributed by atoms with van der Waals surface area (Å²) in [5.74, 6) is 0. The van der Waals surface area contributed by atoms with E-state index in [0.717, 1.165) is 11.5 Å². The standard InChI is InChI=1S/C2H2N2O2S.C2H6/c5-1-3-2(6)7-4-1;1-2/h(H2,3,4,5,6);1-2H3. The first-order chi connectivity index (χ1) is 4.29. The van der Waals surface area contributed by atoms with Crippen LogP contribution in [-0.4, -0.2) is 9.36 Å². The zero-order valence-electron chi connectivity index (χ0n) is 5.22. The zero-order valence-corrected chi connectivity index (χ0v) is 6.04. The van der Waals surface area contributed by atoms with Gasteiger partial charge in [-0.25, -0.2) is 4.79 Å². The third kappa shape index (κ3) is 2.86. The molecule has 0 saturated heterocycles. The van der Waals surface area contributed by atoms with Crippen molar-refractivity contribution in [2.45, 2.75) is 13.8 Å². The Morgan fingerprint density at radius 1 is 1.33 bits per heavy atom. The van der Waals surface area contributed by atoms with Crippen molar-refractivity contribution in [2.24, 2.45) is 0 Å². The van der Waals surface area contributed by atoms with Gasteiger partial charge in [0.1, 0.15) is 0 Å². The Kier molecular flexibility index (Phi) is 3.70. The number of aromatic nitrogens is 2. The minimum absolute atomic E-state index is 0.343. The number of rotatable bonds is 0. The predicted molar refractivity (Wildman–Crippen MR) is 36.9 cm³/mol. The number of hydrogen-bond donors (Lipinski definition) is 2. The molecule has 1 aromatic rings. The van der Waals surface area contributed by atoms with Gasteiger partial charge in [0.2, 0.25) is 0 Å². The van der Waals surface area contributed by atoms with E-state index >= 15 is 0 Å². The van der Waals surface area contributed by atoms with Crippen LogP contribution in [0.25, 0.3) is 0 Å². The second kappa shape index (κ2) is 4.08. The van der Waals surface area contributed by atoms with Crippen molar-refractivity contribution in [1.82, 2.24) is 9.36 Å². The van der Waals surface area contributed by atoms with Crippen LogP contribution in [0.3, 0.4) is 0 Å². The van der Waals surface area contributed by atoms with Gasteiger partial charge in [0.25, 0.3) is 0 Å². The minimum Gasteiger partial charge on any atom is -0.263 e. The molecule has 0 aromatic carbocycles. The monoisotopic (exact) mass is 148 g/mol. The lowest BCUT2D eigenvalue weighted by atomic mass is 11.0. The summed E-state index contributed by atoms with van der Waals surface area (Å²) in [4.78, 5) is 21.7. The van der Waals surface area contributed by atoms with Crippen LogP contribution in [-0.2, 0) is 0 Å². The molecule has 0 amide bonds. The molecule has 5 heteroatoms. The molecule has 0 radical (unpaired) electrons. The lowest BCUT2D eigenvalue weighted by Gasteiger charge is -1.49. The Morgan fingerprint density at radius 2 is 1.89 bits per heavy atom. The van der Waals surface area contributed by atoms with Crippen LogP contribution >= 0.6 is 11.5 Å². The average molecular weight is 148 g/mol. The van der Waals surface area contributed by atoms with Crippen LogP contribution in [0.5, 0.6) is 0 Å². The molecule has 0 spiro atoms. The summed E-state index contributed by atoms with van der Waals surface area (Å²) in [6.07, 6.45) is 0. The average Bonchev–Trinajstić information content (AvgIpc) is 2.20. The summed E-state index contributed by atoms with van der Waals surface area (Å²) in [5, 5.41) is 0. The van der Waals surface area contributed by atoms with Gasteiger partial charge in [-0.15, -0.1) is 0 Å². The SMILES string of the molecule is CC.O=c1[nH]sc(=O)[nH]1. The summed E-state index contributed by atoms with van der Waals surface area (Å²) in [6, 6.07) is 0. The van der Waals surface area contributed by atoms with Gasteiger partial charge < -0.3 is 0 Å². The molecule has 4 nitrogen and oxygen atoms in total. The van der Waals surface area contributed by atoms with Crippen molar-refractivity contribution in [3.63, 3.8) is 0 Å². The maximum Gasteiger partial charge on any atom is 0.335 e. The molecule has 1 aromatic heterocycles. The van der Waals surface area contributed by atoms with Gasteiger partial charge in [0, 0.05) is 11.5 Å². The highest BCUT2D eigenvalue weighted by Crippen LogP contribution is 1.58. The predicted octanol–water partition coefficient (Wildman–Crippen LogP) is 0.151. The summed E-state index contributed by atoms with van der Waals surface area (Å²) < 4.78 is 2.19. The first kappa shape index (κ1) is 8.16. The molecular weight excluding hydrogens is 140 g/mol. The van der Waals surface area contributed by atoms with Crippen molar-refractivity contribution in [1.29, 1.82) is 0 Å². The van der Waals surface area contributed by atoms with Gasteiger partial charge >= 0.3 is 10.6 Å². The van der Waals surface area contributed by atoms with Gasteiger partial charge in [-0.2, -0.15) is 0 Å². The largest absolute Gasteiger partial charge is 0.335 e. The number of H-pyrrole nitrogens is 2. The molecular formula is C4H8N2O2S. The zero-order chi connectivity index (χ0) is 7.28. The fraction of sp³-hybridized carbons (Fsp3) is 0.500. The third-order valence-electron chi connectivity index (χ3n) is 0.452. The number of hydrogen-bond acceptors (Lipinski definition) is 3. The van der Waals surface area contributed by atoms with E-state index in [0.29, 0.717) is 0 Å². The quantitative estimate of drug-likeness (QED) is 0.550. The fourth-order valence-corrected chi connectivity index (χ4v) is 0.617. The number of aromatic amines is 2. The van der Waals surface area contributed by atoms with Crippen molar-refractivity contribution in [3.8, 4) is 0 Å². The molecule has 0 unspecified atom stereocenters. The highest BCUT2D eigenvalue weighted by atomic mass is 32.1. The Hall–Kier alpha value is -0.840. The Bertz CT molecular complexity index is 221. The minimum atomic E-state index is -0.435. The Morgan fingerprint density at radius 3 is 2.00 bits per heavy atom. The van der Waals surface area contributed by atoms with E-state index in [1.165, 1.54) is 0 Å². The van der Waals surface area contributed by atoms with E-state index in [4.69, 9.17) is 0 Å². The van der Waals surface area contributed by atoms with E-state index in [2.05, 4.69) is 4.37 Å². The summed E-state index contributed by atoms with van der Waals surface area (Å²) >= 11 is 0.756. The lowest BCUT2D eigenvalue weighted by molar-refractivity contribution is 1.18. The van der Waals surface area contributed by atoms with Crippen molar-refractivity contribution in [3.05, 3.63) is 20.2 Å². The van der Waals surface area contributed by atoms with Crippen LogP contribution in [0.4, 0.5) is 0 Å². The van der Waals surface area contributed by atoms with E-state index in [1.54, 1.807) is 0 Å². The lowest BCUT2D eigenvalue weighted by Crippen LogP contribution is -2.06. The molecule has 0 aliphatic rings. The van der Waals surface area contributed by atoms with Gasteiger partial charge in [0.15, 0.2) is 0 Å². The summed E-state index contributed by atoms with van der Waals surface area (Å²) in [5.41, 5.74) is -0.435. The topological polar surface area (TPSA) is 65.7 Å². The van der Waals surface area contributed by atoms with E-state index < -0.39 is 5.69 Å². The second-order valence-electron chi connectivity index (χ2n) is 0.946. The molecule has 2 N–H and O–H groups in total. The van der Waals surface area contributed by atoms with Crippen LogP contribution in [0.1, 0.15) is 13.8 Å². The maximum atomic E-state index is 10.0. The van der Waals surface area contributed by atoms with Crippen LogP contribution < -0.4 is 10.6 Å². The van der Waals surface area contributed by atoms with Crippen LogP contribution in [0.15, 0.2) is 9.59 Å². The highest BCUT2D eigenvalue weighted by molar-refractivity contribution is 7.02. The van der Waals surface area contributed by atoms with Crippen molar-refractivity contribution < 1.29 is 0 Å². The van der Waals surface area contributed by atoms with Gasteiger partial charge in [-0.1, -0.05) is 13.8 Å². The molecule has 0 fully saturated rings. The second-order valence-corrected chi connectivity index (χ2v) is 1.72. The molecule has 0 saturated carbocycles. The molecule has 0 atom stereocenters. The summed E-state index contributed by atoms with van der Waals surface area (Å²) in [6.45, 7) is 4.00. The van der Waals surface area contributed by atoms with E-state index in [1.807, 2.05) is 18.8 Å². The molecule has 9 heavy (non-hydrogen) atoms. The van der Waals surface area contributed by atoms with E-state index in [9.17, 15) is 9.59 Å². The number of nitrogens with one attached hydrogen (secondary N) is 2. The van der Waals surface area contributed by atoms with Crippen molar-refractivity contribution in [2.75, 3.05) is 0 Å². The van der Waals surface area contributed by atoms with Crippen LogP contribution in [0, 0.1) is 0 Å². The molecule has 1 rings (SSSR count). The van der Waals surface area contributed by atoms with Crippen LogP contribution in [0.2, 0.25) is 0 Å². The van der Waals surface area contributed by atoms with E-state index in [-0.39, 0.29) is 4.87 Å². The highest BCUT2D eigenvalue weighted by Gasteiger charge is 1.82. The molecule has 0 aliphatic carbocycles. The molecule has 1 heterocycles. The molecule has 0 aliphatic heterocycles. The van der Waals surface area contributed by atoms with Crippen molar-refractivity contribution >= 4 is 11.5 Å². The maximum absolute atomic E-state index is 10.0. The molecule has 0 bridgehead atoms. The molecule has 52 valence electrons. The summed E-state index contributed by atoms with van der Waals surface area (Å²) in [7, 11) is 0. The fourth-order valence-electron chi connectivity index (χ4n) is 0.236. The first-order valence-corrected chi connectivity index (χ1v) is 3.38. The van der Waals surface area contributed by atoms with Gasteiger partial charge in [0.05, 0.1) is 0 Å². The van der Waals surface area contributed by atoms with Gasteiger partial charge in [-0.05, 0) is 0 Å². The normalized spacial score (nSPS) is 7.78.